The zero-order chi connectivity index (χ0) is 12.6. The van der Waals surface area contributed by atoms with E-state index in [1.54, 1.807) is 0 Å². The van der Waals surface area contributed by atoms with E-state index in [0.29, 0.717) is 12.6 Å². The van der Waals surface area contributed by atoms with Crippen molar-refractivity contribution >= 4 is 5.69 Å². The molecule has 0 atom stereocenters. The Morgan fingerprint density at radius 2 is 1.94 bits per heavy atom. The summed E-state index contributed by atoms with van der Waals surface area (Å²) in [6, 6.07) is 8.30. The van der Waals surface area contributed by atoms with Crippen molar-refractivity contribution in [2.45, 2.75) is 44.6 Å². The van der Waals surface area contributed by atoms with Crippen molar-refractivity contribution in [3.8, 4) is 5.75 Å². The third kappa shape index (κ3) is 4.57. The zero-order valence-electron chi connectivity index (χ0n) is 11.0. The fourth-order valence-electron chi connectivity index (χ4n) is 2.52. The lowest BCUT2D eigenvalue weighted by Crippen LogP contribution is -2.32. The number of rotatable bonds is 5. The Hall–Kier alpha value is -1.22. The number of hydrogen-bond acceptors (Lipinski definition) is 3. The molecule has 0 spiro atoms. The standard InChI is InChI=1S/C15H24N2O/c16-13-6-5-9-15(12-13)18-11-10-17-14-7-3-1-2-4-8-14/h5-6,9,12,14,17H,1-4,7-8,10-11,16H2. The first-order valence-electron chi connectivity index (χ1n) is 7.06. The van der Waals surface area contributed by atoms with Crippen LogP contribution in [0.1, 0.15) is 38.5 Å². The lowest BCUT2D eigenvalue weighted by molar-refractivity contribution is 0.300. The van der Waals surface area contributed by atoms with Gasteiger partial charge in [-0.05, 0) is 25.0 Å². The molecule has 2 rings (SSSR count). The van der Waals surface area contributed by atoms with E-state index in [9.17, 15) is 0 Å². The minimum atomic E-state index is 0.692. The Balaban J connectivity index is 1.63. The van der Waals surface area contributed by atoms with E-state index in [-0.39, 0.29) is 0 Å². The van der Waals surface area contributed by atoms with E-state index in [1.165, 1.54) is 38.5 Å². The fraction of sp³-hybridized carbons (Fsp3) is 0.600. The van der Waals surface area contributed by atoms with E-state index in [2.05, 4.69) is 5.32 Å². The van der Waals surface area contributed by atoms with Crippen LogP contribution in [0.5, 0.6) is 5.75 Å². The van der Waals surface area contributed by atoms with Crippen molar-refractivity contribution in [2.24, 2.45) is 0 Å². The number of nitrogen functional groups attached to an aromatic ring is 1. The summed E-state index contributed by atoms with van der Waals surface area (Å²) in [7, 11) is 0. The summed E-state index contributed by atoms with van der Waals surface area (Å²) in [4.78, 5) is 0. The van der Waals surface area contributed by atoms with Crippen LogP contribution in [0.15, 0.2) is 24.3 Å². The normalized spacial score (nSPS) is 17.3. The van der Waals surface area contributed by atoms with E-state index < -0.39 is 0 Å². The van der Waals surface area contributed by atoms with Gasteiger partial charge in [0.1, 0.15) is 12.4 Å². The van der Waals surface area contributed by atoms with E-state index >= 15 is 0 Å². The average Bonchev–Trinajstić information content (AvgIpc) is 2.63. The quantitative estimate of drug-likeness (QED) is 0.478. The number of nitrogens with one attached hydrogen (secondary N) is 1. The van der Waals surface area contributed by atoms with Gasteiger partial charge >= 0.3 is 0 Å². The van der Waals surface area contributed by atoms with Gasteiger partial charge in [0.05, 0.1) is 0 Å². The summed E-state index contributed by atoms with van der Waals surface area (Å²) in [6.45, 7) is 1.62. The first kappa shape index (κ1) is 13.2. The number of nitrogens with two attached hydrogens (primary N) is 1. The molecule has 0 amide bonds. The third-order valence-corrected chi connectivity index (χ3v) is 3.52. The molecule has 3 nitrogen and oxygen atoms in total. The highest BCUT2D eigenvalue weighted by molar-refractivity contribution is 5.43. The lowest BCUT2D eigenvalue weighted by atomic mass is 10.1. The van der Waals surface area contributed by atoms with Crippen molar-refractivity contribution in [2.75, 3.05) is 18.9 Å². The monoisotopic (exact) mass is 248 g/mol. The molecule has 0 aromatic heterocycles. The summed E-state index contributed by atoms with van der Waals surface area (Å²) in [5, 5.41) is 3.59. The highest BCUT2D eigenvalue weighted by Crippen LogP contribution is 2.17. The van der Waals surface area contributed by atoms with Gasteiger partial charge in [-0.25, -0.2) is 0 Å². The number of ether oxygens (including phenoxy) is 1. The van der Waals surface area contributed by atoms with Gasteiger partial charge in [0.15, 0.2) is 0 Å². The fourth-order valence-corrected chi connectivity index (χ4v) is 2.52. The minimum absolute atomic E-state index is 0.692. The van der Waals surface area contributed by atoms with Crippen LogP contribution in [0.25, 0.3) is 0 Å². The number of hydrogen-bond donors (Lipinski definition) is 2. The molecule has 3 heteroatoms. The molecule has 1 fully saturated rings. The Bertz CT molecular complexity index is 346. The Morgan fingerprint density at radius 3 is 2.67 bits per heavy atom. The van der Waals surface area contributed by atoms with Crippen LogP contribution in [0.3, 0.4) is 0 Å². The van der Waals surface area contributed by atoms with Gasteiger partial charge in [0.2, 0.25) is 0 Å². The van der Waals surface area contributed by atoms with Gasteiger partial charge < -0.3 is 15.8 Å². The van der Waals surface area contributed by atoms with Gasteiger partial charge in [-0.15, -0.1) is 0 Å². The van der Waals surface area contributed by atoms with Crippen molar-refractivity contribution in [1.29, 1.82) is 0 Å². The first-order valence-corrected chi connectivity index (χ1v) is 7.06. The molecule has 0 bridgehead atoms. The Labute approximate surface area is 110 Å². The summed E-state index contributed by atoms with van der Waals surface area (Å²) in [5.41, 5.74) is 6.46. The molecule has 0 saturated heterocycles. The molecule has 1 saturated carbocycles. The van der Waals surface area contributed by atoms with Gasteiger partial charge in [-0.1, -0.05) is 31.7 Å². The second kappa shape index (κ2) is 7.27. The van der Waals surface area contributed by atoms with Crippen LogP contribution in [-0.4, -0.2) is 19.2 Å². The zero-order valence-corrected chi connectivity index (χ0v) is 11.0. The molecule has 1 aromatic rings. The summed E-state index contributed by atoms with van der Waals surface area (Å²) >= 11 is 0. The van der Waals surface area contributed by atoms with Crippen LogP contribution in [-0.2, 0) is 0 Å². The first-order chi connectivity index (χ1) is 8.84. The lowest BCUT2D eigenvalue weighted by Gasteiger charge is -2.16. The summed E-state index contributed by atoms with van der Waals surface area (Å²) in [5.74, 6) is 0.859. The largest absolute Gasteiger partial charge is 0.492 e. The molecule has 0 aliphatic heterocycles. The summed E-state index contributed by atoms with van der Waals surface area (Å²) in [6.07, 6.45) is 8.17. The molecule has 0 unspecified atom stereocenters. The van der Waals surface area contributed by atoms with Crippen molar-refractivity contribution < 1.29 is 4.74 Å². The molecule has 0 radical (unpaired) electrons. The predicted octanol–water partition coefficient (Wildman–Crippen LogP) is 2.96. The molecule has 0 heterocycles. The van der Waals surface area contributed by atoms with Crippen LogP contribution >= 0.6 is 0 Å². The molecular formula is C15H24N2O. The van der Waals surface area contributed by atoms with Crippen LogP contribution < -0.4 is 15.8 Å². The third-order valence-electron chi connectivity index (χ3n) is 3.52. The van der Waals surface area contributed by atoms with Crippen molar-refractivity contribution in [3.63, 3.8) is 0 Å². The smallest absolute Gasteiger partial charge is 0.121 e. The minimum Gasteiger partial charge on any atom is -0.492 e. The maximum absolute atomic E-state index is 5.70. The van der Waals surface area contributed by atoms with E-state index in [0.717, 1.165) is 18.0 Å². The van der Waals surface area contributed by atoms with Gasteiger partial charge in [-0.3, -0.25) is 0 Å². The number of benzene rings is 1. The van der Waals surface area contributed by atoms with Crippen LogP contribution in [0, 0.1) is 0 Å². The van der Waals surface area contributed by atoms with Gasteiger partial charge in [0, 0.05) is 24.3 Å². The molecule has 1 aliphatic rings. The topological polar surface area (TPSA) is 47.3 Å². The molecule has 100 valence electrons. The number of anilines is 1. The summed E-state index contributed by atoms with van der Waals surface area (Å²) < 4.78 is 5.67. The second-order valence-electron chi connectivity index (χ2n) is 5.06. The van der Waals surface area contributed by atoms with Crippen molar-refractivity contribution in [1.82, 2.24) is 5.32 Å². The van der Waals surface area contributed by atoms with Crippen LogP contribution in [0.4, 0.5) is 5.69 Å². The highest BCUT2D eigenvalue weighted by Gasteiger charge is 2.10. The van der Waals surface area contributed by atoms with Gasteiger partial charge in [-0.2, -0.15) is 0 Å². The van der Waals surface area contributed by atoms with E-state index in [1.807, 2.05) is 24.3 Å². The Morgan fingerprint density at radius 1 is 1.17 bits per heavy atom. The molecule has 1 aliphatic carbocycles. The van der Waals surface area contributed by atoms with E-state index in [4.69, 9.17) is 10.5 Å². The average molecular weight is 248 g/mol. The second-order valence-corrected chi connectivity index (χ2v) is 5.06. The Kier molecular flexibility index (Phi) is 5.34. The molecule has 1 aromatic carbocycles. The van der Waals surface area contributed by atoms with Crippen LogP contribution in [0.2, 0.25) is 0 Å². The SMILES string of the molecule is Nc1cccc(OCCNC2CCCCCC2)c1. The molecule has 18 heavy (non-hydrogen) atoms. The molecular weight excluding hydrogens is 224 g/mol. The van der Waals surface area contributed by atoms with Crippen molar-refractivity contribution in [3.05, 3.63) is 24.3 Å². The maximum atomic E-state index is 5.70. The maximum Gasteiger partial charge on any atom is 0.121 e. The van der Waals surface area contributed by atoms with Gasteiger partial charge in [0.25, 0.3) is 0 Å². The predicted molar refractivity (Wildman–Crippen MR) is 75.8 cm³/mol. The molecule has 3 N–H and O–H groups in total. The highest BCUT2D eigenvalue weighted by atomic mass is 16.5.